The van der Waals surface area contributed by atoms with E-state index in [1.54, 1.807) is 0 Å². The summed E-state index contributed by atoms with van der Waals surface area (Å²) in [6.07, 6.45) is 3.79. The summed E-state index contributed by atoms with van der Waals surface area (Å²) in [6, 6.07) is 8.40. The SMILES string of the molecule is O=C(CN1CCCN2CCCC2C1)c1ccccc1Br. The molecule has 1 aromatic rings. The Kier molecular flexibility index (Phi) is 4.54. The lowest BCUT2D eigenvalue weighted by Crippen LogP contribution is -2.38. The highest BCUT2D eigenvalue weighted by atomic mass is 79.9. The molecule has 1 aromatic carbocycles. The van der Waals surface area contributed by atoms with E-state index in [-0.39, 0.29) is 5.78 Å². The molecule has 0 saturated carbocycles. The molecule has 0 aromatic heterocycles. The Morgan fingerprint density at radius 1 is 1.20 bits per heavy atom. The normalized spacial score (nSPS) is 24.4. The van der Waals surface area contributed by atoms with Crippen molar-refractivity contribution in [3.8, 4) is 0 Å². The van der Waals surface area contributed by atoms with Gasteiger partial charge in [0.2, 0.25) is 0 Å². The summed E-state index contributed by atoms with van der Waals surface area (Å²) < 4.78 is 0.905. The van der Waals surface area contributed by atoms with Crippen LogP contribution in [0.5, 0.6) is 0 Å². The van der Waals surface area contributed by atoms with Crippen LogP contribution in [0.2, 0.25) is 0 Å². The Bertz CT molecular complexity index is 491. The van der Waals surface area contributed by atoms with Crippen molar-refractivity contribution in [1.82, 2.24) is 9.80 Å². The van der Waals surface area contributed by atoms with Crippen molar-refractivity contribution >= 4 is 21.7 Å². The summed E-state index contributed by atoms with van der Waals surface area (Å²) in [7, 11) is 0. The van der Waals surface area contributed by atoms with Crippen LogP contribution < -0.4 is 0 Å². The number of ketones is 1. The summed E-state index contributed by atoms with van der Waals surface area (Å²) in [6.45, 7) is 5.09. The maximum Gasteiger partial charge on any atom is 0.177 e. The van der Waals surface area contributed by atoms with Gasteiger partial charge in [-0.3, -0.25) is 14.6 Å². The van der Waals surface area contributed by atoms with Crippen molar-refractivity contribution in [3.63, 3.8) is 0 Å². The highest BCUT2D eigenvalue weighted by Gasteiger charge is 2.29. The van der Waals surface area contributed by atoms with Gasteiger partial charge < -0.3 is 0 Å². The van der Waals surface area contributed by atoms with Crippen LogP contribution in [-0.2, 0) is 0 Å². The highest BCUT2D eigenvalue weighted by molar-refractivity contribution is 9.10. The van der Waals surface area contributed by atoms with Gasteiger partial charge in [-0.05, 0) is 45.0 Å². The molecule has 0 aliphatic carbocycles. The van der Waals surface area contributed by atoms with Crippen molar-refractivity contribution in [2.75, 3.05) is 32.7 Å². The third-order valence-corrected chi connectivity index (χ3v) is 5.12. The number of nitrogens with zero attached hydrogens (tertiary/aromatic N) is 2. The van der Waals surface area contributed by atoms with E-state index in [1.807, 2.05) is 24.3 Å². The van der Waals surface area contributed by atoms with Gasteiger partial charge in [0.1, 0.15) is 0 Å². The minimum Gasteiger partial charge on any atom is -0.299 e. The molecule has 2 aliphatic heterocycles. The quantitative estimate of drug-likeness (QED) is 0.793. The fourth-order valence-corrected chi connectivity index (χ4v) is 3.91. The zero-order valence-corrected chi connectivity index (χ0v) is 13.3. The van der Waals surface area contributed by atoms with Gasteiger partial charge in [0, 0.05) is 22.6 Å². The van der Waals surface area contributed by atoms with Crippen LogP contribution in [0.25, 0.3) is 0 Å². The lowest BCUT2D eigenvalue weighted by Gasteiger charge is -2.25. The van der Waals surface area contributed by atoms with Crippen LogP contribution in [0.1, 0.15) is 29.6 Å². The van der Waals surface area contributed by atoms with E-state index in [2.05, 4.69) is 25.7 Å². The number of fused-ring (bicyclic) bond motifs is 1. The zero-order chi connectivity index (χ0) is 13.9. The molecule has 0 amide bonds. The summed E-state index contributed by atoms with van der Waals surface area (Å²) in [5, 5.41) is 0. The molecule has 2 saturated heterocycles. The van der Waals surface area contributed by atoms with E-state index in [0.29, 0.717) is 12.6 Å². The molecule has 3 nitrogen and oxygen atoms in total. The molecule has 4 heteroatoms. The van der Waals surface area contributed by atoms with Gasteiger partial charge >= 0.3 is 0 Å². The third-order valence-electron chi connectivity index (χ3n) is 4.43. The minimum atomic E-state index is 0.226. The summed E-state index contributed by atoms with van der Waals surface area (Å²) in [5.74, 6) is 0.226. The second-order valence-corrected chi connectivity index (χ2v) is 6.68. The van der Waals surface area contributed by atoms with Crippen molar-refractivity contribution in [1.29, 1.82) is 0 Å². The van der Waals surface area contributed by atoms with Gasteiger partial charge in [-0.2, -0.15) is 0 Å². The second-order valence-electron chi connectivity index (χ2n) is 5.82. The lowest BCUT2D eigenvalue weighted by molar-refractivity contribution is 0.0924. The molecule has 1 atom stereocenters. The first-order valence-electron chi connectivity index (χ1n) is 7.48. The van der Waals surface area contributed by atoms with E-state index in [1.165, 1.54) is 32.4 Å². The Labute approximate surface area is 129 Å². The topological polar surface area (TPSA) is 23.6 Å². The van der Waals surface area contributed by atoms with E-state index in [0.717, 1.165) is 23.1 Å². The molecule has 0 bridgehead atoms. The first-order valence-corrected chi connectivity index (χ1v) is 8.27. The summed E-state index contributed by atoms with van der Waals surface area (Å²) in [5.41, 5.74) is 0.806. The monoisotopic (exact) mass is 336 g/mol. The second kappa shape index (κ2) is 6.37. The number of hydrogen-bond donors (Lipinski definition) is 0. The first-order chi connectivity index (χ1) is 9.74. The van der Waals surface area contributed by atoms with Crippen molar-refractivity contribution < 1.29 is 4.79 Å². The average molecular weight is 337 g/mol. The predicted octanol–water partition coefficient (Wildman–Crippen LogP) is 2.80. The first kappa shape index (κ1) is 14.2. The van der Waals surface area contributed by atoms with Crippen LogP contribution in [0, 0.1) is 0 Å². The standard InChI is InChI=1S/C16H21BrN2O/c17-15-7-2-1-6-14(15)16(20)12-18-8-4-10-19-9-3-5-13(19)11-18/h1-2,6-7,13H,3-5,8-12H2. The molecular weight excluding hydrogens is 316 g/mol. The maximum absolute atomic E-state index is 12.5. The Morgan fingerprint density at radius 3 is 2.85 bits per heavy atom. The molecular formula is C16H21BrN2O. The number of hydrogen-bond acceptors (Lipinski definition) is 3. The molecule has 1 unspecified atom stereocenters. The smallest absolute Gasteiger partial charge is 0.177 e. The van der Waals surface area contributed by atoms with E-state index in [9.17, 15) is 4.79 Å². The molecule has 0 spiro atoms. The Hall–Kier alpha value is -0.710. The molecule has 108 valence electrons. The Morgan fingerprint density at radius 2 is 2.00 bits per heavy atom. The number of rotatable bonds is 3. The average Bonchev–Trinajstić information content (AvgIpc) is 2.78. The zero-order valence-electron chi connectivity index (χ0n) is 11.7. The molecule has 2 aliphatic rings. The molecule has 20 heavy (non-hydrogen) atoms. The number of carbonyl (C=O) groups excluding carboxylic acids is 1. The van der Waals surface area contributed by atoms with Crippen molar-refractivity contribution in [3.05, 3.63) is 34.3 Å². The maximum atomic E-state index is 12.5. The van der Waals surface area contributed by atoms with Gasteiger partial charge in [0.15, 0.2) is 5.78 Å². The fraction of sp³-hybridized carbons (Fsp3) is 0.562. The number of halogens is 1. The van der Waals surface area contributed by atoms with Crippen molar-refractivity contribution in [2.45, 2.75) is 25.3 Å². The molecule has 2 fully saturated rings. The van der Waals surface area contributed by atoms with Gasteiger partial charge in [-0.15, -0.1) is 0 Å². The van der Waals surface area contributed by atoms with E-state index < -0.39 is 0 Å². The van der Waals surface area contributed by atoms with E-state index >= 15 is 0 Å². The van der Waals surface area contributed by atoms with Gasteiger partial charge in [0.05, 0.1) is 6.54 Å². The highest BCUT2D eigenvalue weighted by Crippen LogP contribution is 2.22. The van der Waals surface area contributed by atoms with Crippen molar-refractivity contribution in [2.24, 2.45) is 0 Å². The number of Topliss-reactive ketones (excluding diaryl/α,β-unsaturated/α-hetero) is 1. The Balaban J connectivity index is 1.65. The van der Waals surface area contributed by atoms with Crippen LogP contribution in [0.15, 0.2) is 28.7 Å². The predicted molar refractivity (Wildman–Crippen MR) is 84.1 cm³/mol. The summed E-state index contributed by atoms with van der Waals surface area (Å²) in [4.78, 5) is 17.4. The molecule has 3 rings (SSSR count). The lowest BCUT2D eigenvalue weighted by atomic mass is 10.1. The fourth-order valence-electron chi connectivity index (χ4n) is 3.40. The molecule has 2 heterocycles. The summed E-state index contributed by atoms with van der Waals surface area (Å²) >= 11 is 3.47. The van der Waals surface area contributed by atoms with Gasteiger partial charge in [-0.25, -0.2) is 0 Å². The molecule has 0 radical (unpaired) electrons. The largest absolute Gasteiger partial charge is 0.299 e. The van der Waals surface area contributed by atoms with Gasteiger partial charge in [0.25, 0.3) is 0 Å². The van der Waals surface area contributed by atoms with Crippen LogP contribution in [0.3, 0.4) is 0 Å². The molecule has 0 N–H and O–H groups in total. The van der Waals surface area contributed by atoms with Crippen LogP contribution in [-0.4, -0.2) is 54.3 Å². The number of benzene rings is 1. The van der Waals surface area contributed by atoms with Gasteiger partial charge in [-0.1, -0.05) is 34.1 Å². The third kappa shape index (κ3) is 3.13. The van der Waals surface area contributed by atoms with Crippen LogP contribution >= 0.6 is 15.9 Å². The number of carbonyl (C=O) groups is 1. The van der Waals surface area contributed by atoms with E-state index in [4.69, 9.17) is 0 Å². The minimum absolute atomic E-state index is 0.226. The van der Waals surface area contributed by atoms with Crippen LogP contribution in [0.4, 0.5) is 0 Å².